The second-order valence-electron chi connectivity index (χ2n) is 16.6. The maximum Gasteiger partial charge on any atom is 0.272 e. The Labute approximate surface area is 311 Å². The van der Waals surface area contributed by atoms with E-state index in [9.17, 15) is 29.1 Å². The van der Waals surface area contributed by atoms with E-state index in [4.69, 9.17) is 0 Å². The number of carbonyl (C=O) groups is 5. The molecule has 53 heavy (non-hydrogen) atoms. The van der Waals surface area contributed by atoms with Gasteiger partial charge in [0.25, 0.3) is 11.8 Å². The number of carbonyl (C=O) groups excluding carboxylic acids is 5. The number of likely N-dealkylation sites (tertiary alicyclic amines) is 1. The van der Waals surface area contributed by atoms with Crippen LogP contribution in [0, 0.1) is 29.1 Å². The molecule has 2 aromatic rings. The highest BCUT2D eigenvalue weighted by Gasteiger charge is 2.55. The molecule has 286 valence electrons. The second-order valence-corrected chi connectivity index (χ2v) is 16.6. The Morgan fingerprint density at radius 3 is 2.32 bits per heavy atom. The van der Waals surface area contributed by atoms with Crippen LogP contribution >= 0.6 is 0 Å². The van der Waals surface area contributed by atoms with E-state index in [2.05, 4.69) is 36.2 Å². The fraction of sp³-hybridized carbons (Fsp3) is 0.641. The quantitative estimate of drug-likeness (QED) is 0.244. The highest BCUT2D eigenvalue weighted by Crippen LogP contribution is 2.48. The largest absolute Gasteiger partial charge is 0.381 e. The van der Waals surface area contributed by atoms with Crippen LogP contribution < -0.4 is 21.3 Å². The van der Waals surface area contributed by atoms with Gasteiger partial charge in [0, 0.05) is 31.3 Å². The average Bonchev–Trinajstić information content (AvgIpc) is 3.72. The van der Waals surface area contributed by atoms with Gasteiger partial charge in [0.15, 0.2) is 6.10 Å². The van der Waals surface area contributed by atoms with Gasteiger partial charge in [-0.15, -0.1) is 0 Å². The van der Waals surface area contributed by atoms with E-state index in [-0.39, 0.29) is 35.4 Å². The minimum Gasteiger partial charge on any atom is -0.381 e. The lowest BCUT2D eigenvalue weighted by atomic mass is 9.82. The zero-order chi connectivity index (χ0) is 37.9. The third-order valence-electron chi connectivity index (χ3n) is 11.9. The maximum absolute atomic E-state index is 14.7. The number of nitrogens with one attached hydrogen (secondary N) is 4. The summed E-state index contributed by atoms with van der Waals surface area (Å²) in [5.41, 5.74) is 0.193. The van der Waals surface area contributed by atoms with Crippen LogP contribution in [0.2, 0.25) is 0 Å². The van der Waals surface area contributed by atoms with E-state index >= 15 is 0 Å². The van der Waals surface area contributed by atoms with Crippen LogP contribution in [0.5, 0.6) is 0 Å². The number of nitrogens with zero attached hydrogens (tertiary/aromatic N) is 4. The monoisotopic (exact) mass is 730 g/mol. The lowest BCUT2D eigenvalue weighted by molar-refractivity contribution is -0.145. The van der Waals surface area contributed by atoms with Crippen LogP contribution in [0.15, 0.2) is 43.1 Å². The average molecular weight is 731 g/mol. The zero-order valence-electron chi connectivity index (χ0n) is 31.2. The molecule has 2 saturated carbocycles. The molecule has 4 fully saturated rings. The third-order valence-corrected chi connectivity index (χ3v) is 11.9. The van der Waals surface area contributed by atoms with E-state index in [1.807, 2.05) is 27.7 Å². The van der Waals surface area contributed by atoms with Crippen molar-refractivity contribution in [1.82, 2.24) is 41.1 Å². The number of pyridine rings is 1. The Bertz CT molecular complexity index is 1630. The Kier molecular flexibility index (Phi) is 11.8. The number of hydrogen-bond donors (Lipinski definition) is 5. The summed E-state index contributed by atoms with van der Waals surface area (Å²) < 4.78 is 0. The number of rotatable bonds is 10. The molecule has 0 aromatic carbocycles. The number of aromatic nitrogens is 3. The Morgan fingerprint density at radius 2 is 1.64 bits per heavy atom. The molecule has 2 aromatic heterocycles. The molecule has 2 saturated heterocycles. The Balaban J connectivity index is 1.19. The van der Waals surface area contributed by atoms with Crippen molar-refractivity contribution < 1.29 is 29.1 Å². The van der Waals surface area contributed by atoms with Gasteiger partial charge in [-0.3, -0.25) is 33.9 Å². The molecule has 2 aliphatic heterocycles. The summed E-state index contributed by atoms with van der Waals surface area (Å²) in [7, 11) is 0. The number of amides is 5. The fourth-order valence-electron chi connectivity index (χ4n) is 9.02. The second kappa shape index (κ2) is 16.3. The van der Waals surface area contributed by atoms with E-state index in [1.54, 1.807) is 29.4 Å². The number of hydrogen-bond acceptors (Lipinski definition) is 9. The van der Waals surface area contributed by atoms with E-state index < -0.39 is 59.3 Å². The minimum absolute atomic E-state index is 0.0713. The molecule has 14 heteroatoms. The molecule has 14 nitrogen and oxygen atoms in total. The van der Waals surface area contributed by atoms with Crippen LogP contribution in [0.25, 0.3) is 0 Å². The number of fused-ring (bicyclic) bond motifs is 1. The fourth-order valence-corrected chi connectivity index (χ4v) is 9.02. The molecule has 0 radical (unpaired) electrons. The molecular weight excluding hydrogens is 676 g/mol. The first kappa shape index (κ1) is 38.3. The van der Waals surface area contributed by atoms with Gasteiger partial charge < -0.3 is 31.3 Å². The summed E-state index contributed by atoms with van der Waals surface area (Å²) in [6.07, 6.45) is 13.3. The standard InChI is InChI=1S/C39H54N8O6/c1-22(24-12-14-40-15-13-24)43-37(52)32(48)28-11-10-23-18-26-21-47(31(27(26)19-23)36(51)44-28)38(53)33(39(2,3)4)46-35(50)30(25-8-6-5-7-9-25)45-34(49)29-20-41-16-17-42-29/h12-17,20,22-23,25-28,30-33,48H,5-11,18-19,21H2,1-4H3,(H,43,52)(H,44,51)(H,45,49)(H,46,50)/t22-,23?,26-,27-,28-,30-,31-,32?,33+/m0/s1. The molecule has 4 aliphatic rings. The molecule has 5 amide bonds. The first-order valence-corrected chi connectivity index (χ1v) is 19.2. The van der Waals surface area contributed by atoms with Gasteiger partial charge in [-0.25, -0.2) is 4.98 Å². The third kappa shape index (κ3) is 8.69. The van der Waals surface area contributed by atoms with Crippen LogP contribution in [-0.2, 0) is 19.2 Å². The van der Waals surface area contributed by atoms with E-state index in [0.717, 1.165) is 56.9 Å². The maximum atomic E-state index is 14.7. The summed E-state index contributed by atoms with van der Waals surface area (Å²) in [4.78, 5) is 83.4. The van der Waals surface area contributed by atoms with Crippen molar-refractivity contribution >= 4 is 29.5 Å². The van der Waals surface area contributed by atoms with Crippen LogP contribution in [0.1, 0.15) is 108 Å². The Hall–Kier alpha value is -4.46. The topological polar surface area (TPSA) is 196 Å². The zero-order valence-corrected chi connectivity index (χ0v) is 31.2. The van der Waals surface area contributed by atoms with Crippen molar-refractivity contribution in [3.05, 3.63) is 54.4 Å². The molecule has 9 atom stereocenters. The van der Waals surface area contributed by atoms with Crippen molar-refractivity contribution in [3.63, 3.8) is 0 Å². The molecule has 0 spiro atoms. The predicted octanol–water partition coefficient (Wildman–Crippen LogP) is 2.45. The van der Waals surface area contributed by atoms with E-state index in [0.29, 0.717) is 18.9 Å². The Morgan fingerprint density at radius 1 is 0.906 bits per heavy atom. The van der Waals surface area contributed by atoms with Gasteiger partial charge in [0.05, 0.1) is 18.3 Å². The summed E-state index contributed by atoms with van der Waals surface area (Å²) >= 11 is 0. The molecule has 5 N–H and O–H groups in total. The van der Waals surface area contributed by atoms with Gasteiger partial charge in [-0.2, -0.15) is 0 Å². The van der Waals surface area contributed by atoms with Crippen LogP contribution in [0.4, 0.5) is 0 Å². The summed E-state index contributed by atoms with van der Waals surface area (Å²) in [5, 5.41) is 23.0. The lowest BCUT2D eigenvalue weighted by Crippen LogP contribution is -2.62. The van der Waals surface area contributed by atoms with Gasteiger partial charge in [0.2, 0.25) is 17.7 Å². The minimum atomic E-state index is -1.49. The van der Waals surface area contributed by atoms with Crippen molar-refractivity contribution in [3.8, 4) is 0 Å². The number of aliphatic hydroxyl groups is 1. The van der Waals surface area contributed by atoms with Crippen molar-refractivity contribution in [1.29, 1.82) is 0 Å². The van der Waals surface area contributed by atoms with Crippen LogP contribution in [-0.4, -0.2) is 91.3 Å². The van der Waals surface area contributed by atoms with E-state index in [1.165, 1.54) is 18.6 Å². The summed E-state index contributed by atoms with van der Waals surface area (Å²) in [6.45, 7) is 7.82. The summed E-state index contributed by atoms with van der Waals surface area (Å²) in [5.74, 6) is -2.06. The highest BCUT2D eigenvalue weighted by atomic mass is 16.3. The molecule has 6 rings (SSSR count). The van der Waals surface area contributed by atoms with Gasteiger partial charge in [-0.1, -0.05) is 40.0 Å². The molecule has 2 bridgehead atoms. The molecule has 2 aliphatic carbocycles. The van der Waals surface area contributed by atoms with Gasteiger partial charge in [0.1, 0.15) is 23.8 Å². The molecular formula is C39H54N8O6. The highest BCUT2D eigenvalue weighted by molar-refractivity contribution is 5.98. The normalized spacial score (nSPS) is 26.8. The number of aliphatic hydroxyl groups excluding tert-OH is 1. The van der Waals surface area contributed by atoms with Gasteiger partial charge >= 0.3 is 0 Å². The van der Waals surface area contributed by atoms with Crippen molar-refractivity contribution in [2.45, 2.75) is 122 Å². The first-order chi connectivity index (χ1) is 25.3. The SMILES string of the molecule is C[C@H](NC(=O)C(O)[C@@H]1CCC2C[C@H]3CN(C(=O)[C@@H](NC(=O)[C@@H](NC(=O)c4cnccn4)C4CCCCC4)C(C)(C)C)[C@H](C(=O)N1)[C@H]3C2)c1ccncc1. The smallest absolute Gasteiger partial charge is 0.272 e. The lowest BCUT2D eigenvalue weighted by Gasteiger charge is -2.38. The predicted molar refractivity (Wildman–Crippen MR) is 194 cm³/mol. The van der Waals surface area contributed by atoms with Gasteiger partial charge in [-0.05, 0) is 92.2 Å². The van der Waals surface area contributed by atoms with Crippen molar-refractivity contribution in [2.75, 3.05) is 6.54 Å². The molecule has 4 heterocycles. The molecule has 2 unspecified atom stereocenters. The summed E-state index contributed by atoms with van der Waals surface area (Å²) in [6, 6.07) is -0.328. The first-order valence-electron chi connectivity index (χ1n) is 19.2. The van der Waals surface area contributed by atoms with Crippen LogP contribution in [0.3, 0.4) is 0 Å². The van der Waals surface area contributed by atoms with Crippen molar-refractivity contribution in [2.24, 2.45) is 29.1 Å².